The van der Waals surface area contributed by atoms with Crippen LogP contribution in [0.5, 0.6) is 11.6 Å². The third kappa shape index (κ3) is 5.65. The van der Waals surface area contributed by atoms with Crippen molar-refractivity contribution in [2.24, 2.45) is 19.1 Å². The highest BCUT2D eigenvalue weighted by Gasteiger charge is 2.22. The van der Waals surface area contributed by atoms with Crippen molar-refractivity contribution in [1.82, 2.24) is 9.13 Å². The number of ether oxygens (including phenoxy) is 1. The molecule has 9 nitrogen and oxygen atoms in total. The molecule has 0 fully saturated rings. The molecule has 2 aromatic carbocycles. The smallest absolute Gasteiger partial charge is 0.333 e. The van der Waals surface area contributed by atoms with Crippen LogP contribution in [0.4, 0.5) is 11.4 Å². The lowest BCUT2D eigenvalue weighted by molar-refractivity contribution is -0.113. The van der Waals surface area contributed by atoms with Crippen LogP contribution >= 0.6 is 23.4 Å². The number of aliphatic imine (C=N–C) groups is 1. The number of carbonyl (C=O) groups is 1. The van der Waals surface area contributed by atoms with E-state index in [0.717, 1.165) is 20.9 Å². The number of aromatic hydroxyl groups is 1. The normalized spacial score (nSPS) is 11.3. The van der Waals surface area contributed by atoms with Gasteiger partial charge in [0.15, 0.2) is 0 Å². The predicted octanol–water partition coefficient (Wildman–Crippen LogP) is 2.90. The molecule has 0 spiro atoms. The fourth-order valence-corrected chi connectivity index (χ4v) is 3.88. The van der Waals surface area contributed by atoms with Crippen LogP contribution in [0.25, 0.3) is 0 Å². The first-order valence-corrected chi connectivity index (χ1v) is 11.0. The second-order valence-corrected chi connectivity index (χ2v) is 8.27. The number of benzene rings is 2. The van der Waals surface area contributed by atoms with Crippen molar-refractivity contribution in [2.75, 3.05) is 18.2 Å². The number of halogens is 1. The lowest BCUT2D eigenvalue weighted by Gasteiger charge is -2.13. The average Bonchev–Trinajstić information content (AvgIpc) is 2.80. The number of rotatable bonds is 6. The van der Waals surface area contributed by atoms with E-state index in [1.54, 1.807) is 48.5 Å². The van der Waals surface area contributed by atoms with Crippen LogP contribution in [0.3, 0.4) is 0 Å². The summed E-state index contributed by atoms with van der Waals surface area (Å²) in [6.07, 6.45) is 0. The maximum Gasteiger partial charge on any atom is 0.333 e. The van der Waals surface area contributed by atoms with Crippen molar-refractivity contribution in [2.45, 2.75) is 0 Å². The molecule has 0 bridgehead atoms. The van der Waals surface area contributed by atoms with Crippen molar-refractivity contribution in [3.8, 4) is 11.6 Å². The van der Waals surface area contributed by atoms with Gasteiger partial charge in [-0.2, -0.15) is 0 Å². The number of nitrogens with one attached hydrogen (secondary N) is 1. The van der Waals surface area contributed by atoms with E-state index >= 15 is 0 Å². The van der Waals surface area contributed by atoms with E-state index in [0.29, 0.717) is 22.1 Å². The van der Waals surface area contributed by atoms with Gasteiger partial charge in [0.1, 0.15) is 16.4 Å². The molecule has 0 aliphatic carbocycles. The zero-order chi connectivity index (χ0) is 24.1. The fourth-order valence-electron chi connectivity index (χ4n) is 2.85. The number of nitrogens with zero attached hydrogens (tertiary/aromatic N) is 3. The molecule has 2 N–H and O–H groups in total. The van der Waals surface area contributed by atoms with E-state index in [1.165, 1.54) is 21.2 Å². The van der Waals surface area contributed by atoms with Gasteiger partial charge in [-0.3, -0.25) is 18.7 Å². The fraction of sp³-hybridized carbons (Fsp3) is 0.182. The highest BCUT2D eigenvalue weighted by molar-refractivity contribution is 8.15. The number of hydrogen-bond acceptors (Lipinski definition) is 7. The van der Waals surface area contributed by atoms with Crippen molar-refractivity contribution in [1.29, 1.82) is 0 Å². The summed E-state index contributed by atoms with van der Waals surface area (Å²) in [6.45, 7) is 0. The van der Waals surface area contributed by atoms with Gasteiger partial charge < -0.3 is 15.2 Å². The van der Waals surface area contributed by atoms with Gasteiger partial charge in [-0.25, -0.2) is 9.79 Å². The van der Waals surface area contributed by atoms with Gasteiger partial charge in [-0.15, -0.1) is 0 Å². The van der Waals surface area contributed by atoms with E-state index in [9.17, 15) is 19.5 Å². The average molecular weight is 489 g/mol. The lowest BCUT2D eigenvalue weighted by atomic mass is 10.3. The molecule has 11 heteroatoms. The molecule has 33 heavy (non-hydrogen) atoms. The standard InChI is InChI=1S/C22H21ClN4O5S/c1-26-20(29)18(21(30)27(2)22(26)31)19(25-14-7-9-16(32-3)10-8-14)33-12-17(28)24-15-6-4-5-13(23)11-15/h4-11,29H,12H2,1-3H3,(H,24,28). The van der Waals surface area contributed by atoms with E-state index < -0.39 is 17.1 Å². The maximum absolute atomic E-state index is 12.8. The molecule has 3 rings (SSSR count). The Balaban J connectivity index is 1.98. The van der Waals surface area contributed by atoms with Crippen LogP contribution in [0.15, 0.2) is 63.1 Å². The number of carbonyl (C=O) groups excluding carboxylic acids is 1. The molecular weight excluding hydrogens is 468 g/mol. The summed E-state index contributed by atoms with van der Waals surface area (Å²) < 4.78 is 6.94. The Hall–Kier alpha value is -3.50. The second kappa shape index (κ2) is 10.4. The van der Waals surface area contributed by atoms with Crippen molar-refractivity contribution < 1.29 is 14.6 Å². The SMILES string of the molecule is COc1ccc(N=C(SCC(=O)Nc2cccc(Cl)c2)c2c(O)n(C)c(=O)n(C)c2=O)cc1. The summed E-state index contributed by atoms with van der Waals surface area (Å²) in [4.78, 5) is 41.9. The highest BCUT2D eigenvalue weighted by atomic mass is 35.5. The summed E-state index contributed by atoms with van der Waals surface area (Å²) in [5.41, 5.74) is -0.623. The first kappa shape index (κ1) is 24.1. The third-order valence-electron chi connectivity index (χ3n) is 4.60. The molecule has 0 saturated heterocycles. The van der Waals surface area contributed by atoms with Crippen LogP contribution in [0, 0.1) is 0 Å². The van der Waals surface area contributed by atoms with Gasteiger partial charge >= 0.3 is 5.69 Å². The Bertz CT molecular complexity index is 1330. The quantitative estimate of drug-likeness (QED) is 0.407. The molecule has 0 radical (unpaired) electrons. The minimum absolute atomic E-state index is 0.0788. The van der Waals surface area contributed by atoms with Gasteiger partial charge in [0.2, 0.25) is 11.8 Å². The predicted molar refractivity (Wildman–Crippen MR) is 130 cm³/mol. The van der Waals surface area contributed by atoms with E-state index in [2.05, 4.69) is 10.3 Å². The van der Waals surface area contributed by atoms with Gasteiger partial charge in [-0.05, 0) is 42.5 Å². The Morgan fingerprint density at radius 3 is 2.48 bits per heavy atom. The van der Waals surface area contributed by atoms with Crippen molar-refractivity contribution in [3.05, 3.63) is 80.0 Å². The number of anilines is 1. The molecule has 0 aliphatic heterocycles. The molecule has 1 amide bonds. The van der Waals surface area contributed by atoms with Crippen LogP contribution in [-0.4, -0.2) is 38.1 Å². The van der Waals surface area contributed by atoms with Gasteiger partial charge in [-0.1, -0.05) is 29.4 Å². The molecule has 1 aromatic heterocycles. The van der Waals surface area contributed by atoms with Crippen LogP contribution < -0.4 is 21.3 Å². The number of aromatic nitrogens is 2. The van der Waals surface area contributed by atoms with Crippen LogP contribution in [-0.2, 0) is 18.9 Å². The van der Waals surface area contributed by atoms with Gasteiger partial charge in [0.25, 0.3) is 5.56 Å². The van der Waals surface area contributed by atoms with Crippen molar-refractivity contribution in [3.63, 3.8) is 0 Å². The molecule has 3 aromatic rings. The Morgan fingerprint density at radius 2 is 1.85 bits per heavy atom. The summed E-state index contributed by atoms with van der Waals surface area (Å²) >= 11 is 6.90. The summed E-state index contributed by atoms with van der Waals surface area (Å²) in [5, 5.41) is 13.8. The molecule has 1 heterocycles. The first-order valence-electron chi connectivity index (χ1n) is 9.61. The Morgan fingerprint density at radius 1 is 1.15 bits per heavy atom. The summed E-state index contributed by atoms with van der Waals surface area (Å²) in [5.74, 6) is -0.415. The van der Waals surface area contributed by atoms with Gasteiger partial charge in [0, 0.05) is 24.8 Å². The number of thioether (sulfide) groups is 1. The molecule has 0 saturated carbocycles. The minimum Gasteiger partial charge on any atom is -0.497 e. The van der Waals surface area contributed by atoms with E-state index in [1.807, 2.05) is 0 Å². The Labute approximate surface area is 198 Å². The van der Waals surface area contributed by atoms with Crippen LogP contribution in [0.2, 0.25) is 5.02 Å². The van der Waals surface area contributed by atoms with Crippen LogP contribution in [0.1, 0.15) is 5.56 Å². The summed E-state index contributed by atoms with van der Waals surface area (Å²) in [7, 11) is 4.17. The first-order chi connectivity index (χ1) is 15.7. The minimum atomic E-state index is -0.731. The molecule has 172 valence electrons. The number of hydrogen-bond donors (Lipinski definition) is 2. The topological polar surface area (TPSA) is 115 Å². The second-order valence-electron chi connectivity index (χ2n) is 6.87. The van der Waals surface area contributed by atoms with E-state index in [4.69, 9.17) is 16.3 Å². The Kier molecular flexibility index (Phi) is 7.62. The van der Waals surface area contributed by atoms with Gasteiger partial charge in [0.05, 0.1) is 18.6 Å². The molecule has 0 atom stereocenters. The molecular formula is C22H21ClN4O5S. The van der Waals surface area contributed by atoms with E-state index in [-0.39, 0.29) is 22.3 Å². The monoisotopic (exact) mass is 488 g/mol. The molecule has 0 aliphatic rings. The maximum atomic E-state index is 12.8. The zero-order valence-electron chi connectivity index (χ0n) is 18.0. The molecule has 0 unspecified atom stereocenters. The van der Waals surface area contributed by atoms with Crippen molar-refractivity contribution >= 4 is 45.7 Å². The third-order valence-corrected chi connectivity index (χ3v) is 5.81. The lowest BCUT2D eigenvalue weighted by Crippen LogP contribution is -2.39. The largest absolute Gasteiger partial charge is 0.497 e. The number of amides is 1. The highest BCUT2D eigenvalue weighted by Crippen LogP contribution is 2.25. The zero-order valence-corrected chi connectivity index (χ0v) is 19.6. The summed E-state index contributed by atoms with van der Waals surface area (Å²) in [6, 6.07) is 13.4. The number of methoxy groups -OCH3 is 1.